The molecule has 0 aromatic heterocycles. The van der Waals surface area contributed by atoms with Crippen LogP contribution in [0.15, 0.2) is 36.9 Å². The molecule has 0 aliphatic heterocycles. The van der Waals surface area contributed by atoms with E-state index in [1.165, 1.54) is 0 Å². The molecule has 0 fully saturated rings. The molecule has 0 heterocycles. The summed E-state index contributed by atoms with van der Waals surface area (Å²) in [6, 6.07) is 7.98. The summed E-state index contributed by atoms with van der Waals surface area (Å²) in [5.41, 5.74) is 7.17. The summed E-state index contributed by atoms with van der Waals surface area (Å²) < 4.78 is 5.53. The van der Waals surface area contributed by atoms with Gasteiger partial charge in [-0.1, -0.05) is 24.3 Å². The summed E-state index contributed by atoms with van der Waals surface area (Å²) in [5.74, 6) is 0.900. The van der Waals surface area contributed by atoms with Crippen LogP contribution in [0, 0.1) is 0 Å². The molecule has 2 nitrogen and oxygen atoms in total. The first-order valence-electron chi connectivity index (χ1n) is 5.37. The fourth-order valence-electron chi connectivity index (χ4n) is 1.53. The predicted octanol–water partition coefficient (Wildman–Crippen LogP) is 3.05. The highest BCUT2D eigenvalue weighted by Gasteiger charge is 2.10. The van der Waals surface area contributed by atoms with Crippen LogP contribution in [0.25, 0.3) is 0 Å². The molecule has 1 rings (SSSR count). The van der Waals surface area contributed by atoms with Crippen LogP contribution in [0.3, 0.4) is 0 Å². The molecular formula is C13H19NO. The van der Waals surface area contributed by atoms with Gasteiger partial charge in [-0.3, -0.25) is 0 Å². The molecule has 15 heavy (non-hydrogen) atoms. The second-order valence-corrected chi connectivity index (χ2v) is 3.44. The van der Waals surface area contributed by atoms with Gasteiger partial charge in [0.1, 0.15) is 5.75 Å². The maximum atomic E-state index is 6.08. The monoisotopic (exact) mass is 205 g/mol. The lowest BCUT2D eigenvalue weighted by atomic mass is 10.0. The van der Waals surface area contributed by atoms with Gasteiger partial charge >= 0.3 is 0 Å². The van der Waals surface area contributed by atoms with Gasteiger partial charge in [0.25, 0.3) is 0 Å². The maximum Gasteiger partial charge on any atom is 0.124 e. The second kappa shape index (κ2) is 6.25. The van der Waals surface area contributed by atoms with Crippen molar-refractivity contribution >= 4 is 0 Å². The Balaban J connectivity index is 2.76. The minimum Gasteiger partial charge on any atom is -0.494 e. The van der Waals surface area contributed by atoms with Gasteiger partial charge in [0.15, 0.2) is 0 Å². The molecule has 2 N–H and O–H groups in total. The number of benzene rings is 1. The molecule has 0 saturated carbocycles. The zero-order valence-corrected chi connectivity index (χ0v) is 9.28. The van der Waals surface area contributed by atoms with Gasteiger partial charge in [-0.05, 0) is 25.8 Å². The van der Waals surface area contributed by atoms with Crippen molar-refractivity contribution in [1.29, 1.82) is 0 Å². The Hall–Kier alpha value is -1.28. The molecule has 0 saturated heterocycles. The van der Waals surface area contributed by atoms with Crippen LogP contribution < -0.4 is 10.5 Å². The average Bonchev–Trinajstić information content (AvgIpc) is 2.27. The molecule has 2 heteroatoms. The minimum absolute atomic E-state index is 0.0331. The third-order valence-electron chi connectivity index (χ3n) is 2.30. The molecule has 0 bridgehead atoms. The smallest absolute Gasteiger partial charge is 0.124 e. The molecule has 0 radical (unpaired) electrons. The first-order chi connectivity index (χ1) is 7.29. The number of ether oxygens (including phenoxy) is 1. The normalized spacial score (nSPS) is 12.1. The zero-order valence-electron chi connectivity index (χ0n) is 9.28. The Labute approximate surface area is 91.7 Å². The lowest BCUT2D eigenvalue weighted by molar-refractivity contribution is 0.333. The van der Waals surface area contributed by atoms with E-state index in [1.807, 2.05) is 37.3 Å². The van der Waals surface area contributed by atoms with E-state index in [1.54, 1.807) is 0 Å². The Morgan fingerprint density at radius 2 is 2.20 bits per heavy atom. The largest absolute Gasteiger partial charge is 0.494 e. The van der Waals surface area contributed by atoms with Gasteiger partial charge in [0.2, 0.25) is 0 Å². The third kappa shape index (κ3) is 3.40. The van der Waals surface area contributed by atoms with Gasteiger partial charge < -0.3 is 10.5 Å². The predicted molar refractivity (Wildman–Crippen MR) is 64.0 cm³/mol. The van der Waals surface area contributed by atoms with E-state index in [9.17, 15) is 0 Å². The van der Waals surface area contributed by atoms with E-state index in [0.717, 1.165) is 24.2 Å². The molecule has 1 aromatic rings. The highest BCUT2D eigenvalue weighted by Crippen LogP contribution is 2.26. The quantitative estimate of drug-likeness (QED) is 0.724. The van der Waals surface area contributed by atoms with Gasteiger partial charge in [-0.15, -0.1) is 6.58 Å². The Kier molecular flexibility index (Phi) is 4.91. The van der Waals surface area contributed by atoms with Gasteiger partial charge in [0.05, 0.1) is 6.61 Å². The van der Waals surface area contributed by atoms with Crippen molar-refractivity contribution in [3.05, 3.63) is 42.5 Å². The summed E-state index contributed by atoms with van der Waals surface area (Å²) >= 11 is 0. The summed E-state index contributed by atoms with van der Waals surface area (Å²) in [4.78, 5) is 0. The number of allylic oxidation sites excluding steroid dienone is 1. The highest BCUT2D eigenvalue weighted by atomic mass is 16.5. The number of hydrogen-bond donors (Lipinski definition) is 1. The van der Waals surface area contributed by atoms with E-state index in [4.69, 9.17) is 10.5 Å². The fraction of sp³-hybridized carbons (Fsp3) is 0.385. The topological polar surface area (TPSA) is 35.2 Å². The van der Waals surface area contributed by atoms with Crippen molar-refractivity contribution in [3.63, 3.8) is 0 Å². The van der Waals surface area contributed by atoms with Crippen molar-refractivity contribution in [1.82, 2.24) is 0 Å². The van der Waals surface area contributed by atoms with Crippen LogP contribution in [0.5, 0.6) is 5.75 Å². The van der Waals surface area contributed by atoms with Crippen LogP contribution in [-0.2, 0) is 0 Å². The van der Waals surface area contributed by atoms with Crippen LogP contribution >= 0.6 is 0 Å². The van der Waals surface area contributed by atoms with Gasteiger partial charge in [-0.25, -0.2) is 0 Å². The SMILES string of the molecule is C=CCC[C@@H](N)c1ccccc1OCC. The summed E-state index contributed by atoms with van der Waals surface area (Å²) in [7, 11) is 0. The summed E-state index contributed by atoms with van der Waals surface area (Å²) in [6.07, 6.45) is 3.73. The molecule has 0 spiro atoms. The molecule has 1 atom stereocenters. The van der Waals surface area contributed by atoms with Gasteiger partial charge in [-0.2, -0.15) is 0 Å². The number of nitrogens with two attached hydrogens (primary N) is 1. The van der Waals surface area contributed by atoms with Crippen LogP contribution in [0.1, 0.15) is 31.4 Å². The lowest BCUT2D eigenvalue weighted by Crippen LogP contribution is -2.11. The Bertz CT molecular complexity index is 309. The molecule has 0 unspecified atom stereocenters. The fourth-order valence-corrected chi connectivity index (χ4v) is 1.53. The lowest BCUT2D eigenvalue weighted by Gasteiger charge is -2.15. The average molecular weight is 205 g/mol. The van der Waals surface area contributed by atoms with E-state index in [2.05, 4.69) is 6.58 Å². The van der Waals surface area contributed by atoms with E-state index < -0.39 is 0 Å². The Morgan fingerprint density at radius 1 is 1.47 bits per heavy atom. The molecule has 0 amide bonds. The first-order valence-corrected chi connectivity index (χ1v) is 5.37. The minimum atomic E-state index is 0.0331. The second-order valence-electron chi connectivity index (χ2n) is 3.44. The van der Waals surface area contributed by atoms with Crippen molar-refractivity contribution < 1.29 is 4.74 Å². The van der Waals surface area contributed by atoms with Crippen molar-refractivity contribution in [2.45, 2.75) is 25.8 Å². The number of hydrogen-bond acceptors (Lipinski definition) is 2. The van der Waals surface area contributed by atoms with Crippen LogP contribution in [0.4, 0.5) is 0 Å². The molecule has 82 valence electrons. The van der Waals surface area contributed by atoms with Gasteiger partial charge in [0, 0.05) is 11.6 Å². The highest BCUT2D eigenvalue weighted by molar-refractivity contribution is 5.35. The maximum absolute atomic E-state index is 6.08. The summed E-state index contributed by atoms with van der Waals surface area (Å²) in [5, 5.41) is 0. The van der Waals surface area contributed by atoms with E-state index >= 15 is 0 Å². The standard InChI is InChI=1S/C13H19NO/c1-3-5-9-12(14)11-8-6-7-10-13(11)15-4-2/h3,6-8,10,12H,1,4-5,9,14H2,2H3/t12-/m1/s1. The van der Waals surface area contributed by atoms with Crippen molar-refractivity contribution in [2.24, 2.45) is 5.73 Å². The third-order valence-corrected chi connectivity index (χ3v) is 2.30. The van der Waals surface area contributed by atoms with E-state index in [0.29, 0.717) is 6.61 Å². The number of para-hydroxylation sites is 1. The van der Waals surface area contributed by atoms with Crippen LogP contribution in [0.2, 0.25) is 0 Å². The van der Waals surface area contributed by atoms with Crippen LogP contribution in [-0.4, -0.2) is 6.61 Å². The molecule has 1 aromatic carbocycles. The van der Waals surface area contributed by atoms with E-state index in [-0.39, 0.29) is 6.04 Å². The van der Waals surface area contributed by atoms with Crippen molar-refractivity contribution in [2.75, 3.05) is 6.61 Å². The summed E-state index contributed by atoms with van der Waals surface area (Å²) in [6.45, 7) is 6.35. The molecular weight excluding hydrogens is 186 g/mol. The molecule has 0 aliphatic rings. The first kappa shape index (κ1) is 11.8. The number of rotatable bonds is 6. The molecule has 0 aliphatic carbocycles. The zero-order chi connectivity index (χ0) is 11.1. The van der Waals surface area contributed by atoms with Crippen molar-refractivity contribution in [3.8, 4) is 5.75 Å². The Morgan fingerprint density at radius 3 is 2.87 bits per heavy atom.